The van der Waals surface area contributed by atoms with Crippen LogP contribution in [0, 0.1) is 19.7 Å². The molecule has 0 unspecified atom stereocenters. The van der Waals surface area contributed by atoms with E-state index in [1.165, 1.54) is 72.5 Å². The van der Waals surface area contributed by atoms with E-state index in [-0.39, 0.29) is 17.7 Å². The highest BCUT2D eigenvalue weighted by molar-refractivity contribution is 7.98. The van der Waals surface area contributed by atoms with Gasteiger partial charge in [0.15, 0.2) is 0 Å². The van der Waals surface area contributed by atoms with Gasteiger partial charge < -0.3 is 14.2 Å². The monoisotopic (exact) mass is 1240 g/mol. The zero-order valence-corrected chi connectivity index (χ0v) is 58.7. The molecular formula is C79H106F4O3S2. The molecule has 0 atom stereocenters. The van der Waals surface area contributed by atoms with Crippen molar-refractivity contribution in [3.63, 3.8) is 0 Å². The van der Waals surface area contributed by atoms with Crippen molar-refractivity contribution in [1.82, 2.24) is 0 Å². The molecule has 3 nitrogen and oxygen atoms in total. The maximum atomic E-state index is 12.8. The molecule has 0 N–H and O–H groups in total. The van der Waals surface area contributed by atoms with Gasteiger partial charge in [-0.3, -0.25) is 0 Å². The summed E-state index contributed by atoms with van der Waals surface area (Å²) in [5, 5.41) is 2.16. The average molecular weight is 1240 g/mol. The summed E-state index contributed by atoms with van der Waals surface area (Å²) in [7, 11) is 1.71. The van der Waals surface area contributed by atoms with Crippen molar-refractivity contribution in [3.8, 4) is 17.2 Å². The number of halogens is 4. The van der Waals surface area contributed by atoms with E-state index in [4.69, 9.17) is 14.2 Å². The second-order valence-electron chi connectivity index (χ2n) is 24.1. The molecule has 7 aromatic carbocycles. The van der Waals surface area contributed by atoms with E-state index >= 15 is 0 Å². The van der Waals surface area contributed by atoms with Gasteiger partial charge in [-0.15, -0.1) is 23.1 Å². The zero-order valence-electron chi connectivity index (χ0n) is 57.0. The summed E-state index contributed by atoms with van der Waals surface area (Å²) < 4.78 is 66.4. The summed E-state index contributed by atoms with van der Waals surface area (Å²) in [6.45, 7) is 41.9. The first-order valence-electron chi connectivity index (χ1n) is 31.3. The second kappa shape index (κ2) is 41.1. The maximum absolute atomic E-state index is 12.8. The second-order valence-corrected chi connectivity index (χ2v) is 25.9. The molecule has 1 aliphatic rings. The molecule has 2 heterocycles. The highest BCUT2D eigenvalue weighted by atomic mass is 32.2. The normalized spacial score (nSPS) is 11.2. The van der Waals surface area contributed by atoms with Crippen LogP contribution >= 0.6 is 23.1 Å². The first-order valence-corrected chi connectivity index (χ1v) is 33.4. The molecular weight excluding hydrogens is 1140 g/mol. The Labute approximate surface area is 539 Å². The van der Waals surface area contributed by atoms with Crippen molar-refractivity contribution < 1.29 is 31.8 Å². The molecule has 9 rings (SSSR count). The Morgan fingerprint density at radius 2 is 0.898 bits per heavy atom. The lowest BCUT2D eigenvalue weighted by molar-refractivity contribution is -0.138. The number of para-hydroxylation sites is 3. The van der Waals surface area contributed by atoms with E-state index in [0.29, 0.717) is 41.1 Å². The van der Waals surface area contributed by atoms with Gasteiger partial charge in [0.2, 0.25) is 0 Å². The number of rotatable bonds is 12. The molecule has 1 aliphatic heterocycles. The third-order valence-corrected chi connectivity index (χ3v) is 16.5. The number of fused-ring (bicyclic) bond motifs is 1. The van der Waals surface area contributed by atoms with Crippen LogP contribution in [-0.2, 0) is 12.6 Å². The van der Waals surface area contributed by atoms with Crippen LogP contribution in [0.2, 0.25) is 0 Å². The van der Waals surface area contributed by atoms with E-state index in [0.717, 1.165) is 48.5 Å². The molecule has 0 saturated heterocycles. The lowest BCUT2D eigenvalue weighted by Crippen LogP contribution is -2.09. The van der Waals surface area contributed by atoms with Crippen LogP contribution in [0.25, 0.3) is 0 Å². The molecule has 8 aromatic rings. The minimum absolute atomic E-state index is 0.0992. The van der Waals surface area contributed by atoms with Crippen LogP contribution < -0.4 is 14.2 Å². The summed E-state index contributed by atoms with van der Waals surface area (Å²) in [6.07, 6.45) is -1.03. The molecule has 9 heteroatoms. The van der Waals surface area contributed by atoms with Gasteiger partial charge in [-0.25, -0.2) is 4.39 Å². The Bertz CT molecular complexity index is 3070. The highest BCUT2D eigenvalue weighted by Gasteiger charge is 2.33. The molecule has 0 saturated carbocycles. The molecule has 0 fully saturated rings. The van der Waals surface area contributed by atoms with Gasteiger partial charge in [-0.2, -0.15) is 13.2 Å². The predicted octanol–water partition coefficient (Wildman–Crippen LogP) is 25.4. The van der Waals surface area contributed by atoms with Gasteiger partial charge in [0, 0.05) is 16.2 Å². The Morgan fingerprint density at radius 3 is 1.28 bits per heavy atom. The maximum Gasteiger partial charge on any atom is 0.416 e. The number of thiophene rings is 1. The molecule has 0 bridgehead atoms. The Kier molecular flexibility index (Phi) is 36.3. The first-order chi connectivity index (χ1) is 41.6. The van der Waals surface area contributed by atoms with Gasteiger partial charge in [-0.1, -0.05) is 244 Å². The summed E-state index contributed by atoms with van der Waals surface area (Å²) in [4.78, 5) is 2.93. The number of hydrogen-bond acceptors (Lipinski definition) is 5. The molecule has 0 spiro atoms. The average Bonchev–Trinajstić information content (AvgIpc) is 4.40. The summed E-state index contributed by atoms with van der Waals surface area (Å²) in [6, 6.07) is 54.7. The quantitative estimate of drug-likeness (QED) is 0.0900. The third kappa shape index (κ3) is 27.2. The van der Waals surface area contributed by atoms with Gasteiger partial charge in [-0.05, 0) is 172 Å². The fraction of sp³-hybridized carbons (Fsp3) is 0.418. The van der Waals surface area contributed by atoms with E-state index in [2.05, 4.69) is 200 Å². The van der Waals surface area contributed by atoms with Crippen molar-refractivity contribution in [2.45, 2.75) is 196 Å². The van der Waals surface area contributed by atoms with Crippen LogP contribution in [0.4, 0.5) is 17.6 Å². The number of methoxy groups -OCH3 is 1. The van der Waals surface area contributed by atoms with Crippen molar-refractivity contribution >= 4 is 23.1 Å². The van der Waals surface area contributed by atoms with Gasteiger partial charge in [0.25, 0.3) is 0 Å². The van der Waals surface area contributed by atoms with Crippen molar-refractivity contribution in [1.29, 1.82) is 0 Å². The topological polar surface area (TPSA) is 27.7 Å². The number of aryl methyl sites for hydroxylation is 2. The molecule has 480 valence electrons. The van der Waals surface area contributed by atoms with E-state index in [1.807, 2.05) is 86.3 Å². The SMILES string of the molecule is CC(C)c1cccc2c1OCC2.CC(C)c1ccccc1C(F)(F)F.CC(C)c1ccccc1F.CCOc1ccccc1C(C)C.COc1ccccc1C(C)C.CSc1ccccc1C(C)C.Cc1ccccc1C(C)C.Cc1ccsc1C(C)C. The largest absolute Gasteiger partial charge is 0.496 e. The predicted molar refractivity (Wildman–Crippen MR) is 375 cm³/mol. The number of hydrogen-bond donors (Lipinski definition) is 0. The Balaban J connectivity index is 0.000000344. The number of thioether (sulfide) groups is 1. The number of benzene rings is 7. The lowest BCUT2D eigenvalue weighted by atomic mass is 9.97. The summed E-state index contributed by atoms with van der Waals surface area (Å²) >= 11 is 3.68. The minimum Gasteiger partial charge on any atom is -0.496 e. The molecule has 0 amide bonds. The molecule has 0 radical (unpaired) electrons. The zero-order chi connectivity index (χ0) is 66.1. The lowest BCUT2D eigenvalue weighted by Gasteiger charge is -2.14. The van der Waals surface area contributed by atoms with Gasteiger partial charge in [0.1, 0.15) is 23.1 Å². The van der Waals surface area contributed by atoms with Gasteiger partial charge >= 0.3 is 6.18 Å². The first kappa shape index (κ1) is 77.8. The van der Waals surface area contributed by atoms with Gasteiger partial charge in [0.05, 0.1) is 25.9 Å². The number of alkyl halides is 3. The van der Waals surface area contributed by atoms with Crippen molar-refractivity contribution in [3.05, 3.63) is 247 Å². The Hall–Kier alpha value is -6.29. The van der Waals surface area contributed by atoms with Crippen LogP contribution in [-0.4, -0.2) is 26.6 Å². The molecule has 88 heavy (non-hydrogen) atoms. The fourth-order valence-electron chi connectivity index (χ4n) is 9.64. The van der Waals surface area contributed by atoms with Crippen LogP contribution in [0.5, 0.6) is 17.2 Å². The standard InChI is InChI=1S/C11H14O.C11H16O.C10H11F3.C10H14O.C10H14S.C10H14.C9H11F.C8H12S/c1-8(2)10-5-3-4-9-6-7-12-11(9)10;1-4-12-11-8-6-5-7-10(11)9(2)3;1-7(2)8-5-3-4-6-9(8)10(11,12)13;2*1-8(2)9-6-4-5-7-10(9)11-3;1-8(2)10-7-5-4-6-9(10)3;1-7(2)8-5-3-4-6-9(8)10;1-6(2)8-7(3)4-5-9-8/h3-5,8H,6-7H2,1-2H3;5-9H,4H2,1-3H3;3-7H,1-2H3;2*4-8H,1-3H3;4-8H,1-3H3;3-7H,1-2H3;4-6H,1-3H3. The van der Waals surface area contributed by atoms with Crippen molar-refractivity contribution in [2.75, 3.05) is 26.6 Å². The van der Waals surface area contributed by atoms with E-state index in [9.17, 15) is 17.6 Å². The molecule has 1 aromatic heterocycles. The third-order valence-electron chi connectivity index (χ3n) is 14.4. The fourth-order valence-corrected chi connectivity index (χ4v) is 11.3. The Morgan fingerprint density at radius 1 is 0.466 bits per heavy atom. The van der Waals surface area contributed by atoms with Crippen LogP contribution in [0.3, 0.4) is 0 Å². The smallest absolute Gasteiger partial charge is 0.416 e. The molecule has 0 aliphatic carbocycles. The van der Waals surface area contributed by atoms with Crippen LogP contribution in [0.15, 0.2) is 180 Å². The summed E-state index contributed by atoms with van der Waals surface area (Å²) in [5.41, 5.74) is 11.7. The minimum atomic E-state index is -4.24. The number of ether oxygens (including phenoxy) is 3. The van der Waals surface area contributed by atoms with E-state index < -0.39 is 11.7 Å². The highest BCUT2D eigenvalue weighted by Crippen LogP contribution is 2.36. The van der Waals surface area contributed by atoms with Crippen molar-refractivity contribution in [2.24, 2.45) is 0 Å². The van der Waals surface area contributed by atoms with Crippen LogP contribution in [0.1, 0.15) is 231 Å². The van der Waals surface area contributed by atoms with E-state index in [1.54, 1.807) is 33.1 Å². The summed E-state index contributed by atoms with van der Waals surface area (Å²) in [5.74, 6) is 6.86.